The average Bonchev–Trinajstić information content (AvgIpc) is 3.54. The van der Waals surface area contributed by atoms with Gasteiger partial charge in [-0.1, -0.05) is 36.4 Å². The quantitative estimate of drug-likeness (QED) is 0.189. The summed E-state index contributed by atoms with van der Waals surface area (Å²) in [6, 6.07) is 17.2. The number of carbonyl (C=O) groups excluding carboxylic acids is 2. The topological polar surface area (TPSA) is 108 Å². The van der Waals surface area contributed by atoms with Crippen molar-refractivity contribution in [2.75, 3.05) is 32.7 Å². The highest BCUT2D eigenvalue weighted by Crippen LogP contribution is 2.29. The van der Waals surface area contributed by atoms with E-state index in [9.17, 15) is 14.0 Å². The highest BCUT2D eigenvalue weighted by atomic mass is 32.1. The van der Waals surface area contributed by atoms with Crippen molar-refractivity contribution in [1.29, 1.82) is 0 Å². The summed E-state index contributed by atoms with van der Waals surface area (Å²) in [4.78, 5) is 36.7. The fraction of sp³-hybridized carbons (Fsp3) is 0.389. The Kier molecular flexibility index (Phi) is 10.9. The number of amides is 2. The number of nitrogens with zero attached hydrogens (tertiary/aromatic N) is 3. The lowest BCUT2D eigenvalue weighted by Crippen LogP contribution is -2.43. The van der Waals surface area contributed by atoms with Gasteiger partial charge in [0.05, 0.1) is 6.20 Å². The van der Waals surface area contributed by atoms with Gasteiger partial charge in [-0.2, -0.15) is 0 Å². The van der Waals surface area contributed by atoms with Gasteiger partial charge in [0.25, 0.3) is 11.8 Å². The molecule has 2 amide bonds. The first kappa shape index (κ1) is 32.7. The maximum atomic E-state index is 14.3. The van der Waals surface area contributed by atoms with Crippen LogP contribution in [0.5, 0.6) is 11.6 Å². The van der Waals surface area contributed by atoms with Crippen LogP contribution >= 0.6 is 11.3 Å². The minimum Gasteiger partial charge on any atom is -0.438 e. The van der Waals surface area contributed by atoms with Gasteiger partial charge in [0.15, 0.2) is 5.01 Å². The van der Waals surface area contributed by atoms with Crippen LogP contribution in [0.25, 0.3) is 11.1 Å². The molecule has 1 aliphatic carbocycles. The minimum atomic E-state index is -0.617. The number of aryl methyl sites for hydroxylation is 2. The molecule has 1 aliphatic heterocycles. The lowest BCUT2D eigenvalue weighted by molar-refractivity contribution is 0.0890. The van der Waals surface area contributed by atoms with E-state index in [0.717, 1.165) is 87.5 Å². The molecule has 9 nitrogen and oxygen atoms in total. The number of nitrogens with one attached hydrogen (secondary N) is 3. The minimum absolute atomic E-state index is 0.0143. The Morgan fingerprint density at radius 2 is 1.70 bits per heavy atom. The number of carbonyl (C=O) groups is 2. The second-order valence-electron chi connectivity index (χ2n) is 12.3. The second-order valence-corrected chi connectivity index (χ2v) is 13.2. The second kappa shape index (κ2) is 15.6. The third kappa shape index (κ3) is 9.00. The molecule has 47 heavy (non-hydrogen) atoms. The SMILES string of the molecule is Cc1csc(C(=O)NC2CCC(NC(=O)c3cc(F)cnc3Oc3cccc(-c4ccc(CCCN5CCNCC5)cc4)c3)CC2)n1. The standard InChI is InChI=1S/C36H41FN6O3S/c1-24-23-47-36(40-24)34(45)42-30-13-11-29(12-14-30)41-33(44)32-21-28(37)22-39-35(32)46-31-6-2-5-27(20-31)26-9-7-25(8-10-26)4-3-17-43-18-15-38-16-19-43/h2,5-10,20-23,29-30,38H,3-4,11-19H2,1H3,(H,41,44)(H,42,45). The van der Waals surface area contributed by atoms with E-state index in [2.05, 4.69) is 55.1 Å². The van der Waals surface area contributed by atoms with Crippen molar-refractivity contribution in [2.24, 2.45) is 0 Å². The summed E-state index contributed by atoms with van der Waals surface area (Å²) in [7, 11) is 0. The van der Waals surface area contributed by atoms with Gasteiger partial charge in [-0.3, -0.25) is 9.59 Å². The molecule has 0 unspecified atom stereocenters. The molecule has 0 atom stereocenters. The highest BCUT2D eigenvalue weighted by Gasteiger charge is 2.26. The van der Waals surface area contributed by atoms with Crippen molar-refractivity contribution >= 4 is 23.2 Å². The molecule has 11 heteroatoms. The van der Waals surface area contributed by atoms with E-state index in [0.29, 0.717) is 23.6 Å². The van der Waals surface area contributed by atoms with Crippen LogP contribution in [0, 0.1) is 12.7 Å². The maximum absolute atomic E-state index is 14.3. The van der Waals surface area contributed by atoms with E-state index in [-0.39, 0.29) is 29.4 Å². The molecule has 1 saturated heterocycles. The summed E-state index contributed by atoms with van der Waals surface area (Å²) in [6.45, 7) is 7.36. The molecule has 2 aromatic carbocycles. The molecule has 2 fully saturated rings. The highest BCUT2D eigenvalue weighted by molar-refractivity contribution is 7.11. The Bertz CT molecular complexity index is 1670. The fourth-order valence-corrected chi connectivity index (χ4v) is 6.88. The molecule has 0 spiro atoms. The van der Waals surface area contributed by atoms with E-state index in [1.54, 1.807) is 6.07 Å². The Balaban J connectivity index is 1.03. The number of benzene rings is 2. The van der Waals surface area contributed by atoms with Crippen molar-refractivity contribution in [3.05, 3.63) is 93.8 Å². The van der Waals surface area contributed by atoms with Crippen LogP contribution in [0.2, 0.25) is 0 Å². The molecule has 2 aromatic heterocycles. The first-order chi connectivity index (χ1) is 22.9. The van der Waals surface area contributed by atoms with Crippen molar-refractivity contribution in [2.45, 2.75) is 57.5 Å². The Hall–Kier alpha value is -4.19. The van der Waals surface area contributed by atoms with Crippen LogP contribution in [-0.4, -0.2) is 71.5 Å². The van der Waals surface area contributed by atoms with E-state index < -0.39 is 11.7 Å². The Labute approximate surface area is 279 Å². The zero-order valence-electron chi connectivity index (χ0n) is 26.6. The molecule has 3 heterocycles. The molecule has 4 aromatic rings. The zero-order valence-corrected chi connectivity index (χ0v) is 27.5. The Morgan fingerprint density at radius 1 is 0.979 bits per heavy atom. The van der Waals surface area contributed by atoms with Crippen molar-refractivity contribution in [3.8, 4) is 22.8 Å². The van der Waals surface area contributed by atoms with E-state index in [4.69, 9.17) is 4.74 Å². The van der Waals surface area contributed by atoms with Crippen LogP contribution in [-0.2, 0) is 6.42 Å². The van der Waals surface area contributed by atoms with Gasteiger partial charge in [0, 0.05) is 49.3 Å². The number of aromatic nitrogens is 2. The largest absolute Gasteiger partial charge is 0.438 e. The van der Waals surface area contributed by atoms with E-state index >= 15 is 0 Å². The smallest absolute Gasteiger partial charge is 0.280 e. The number of rotatable bonds is 11. The van der Waals surface area contributed by atoms with Gasteiger partial charge in [0.2, 0.25) is 5.88 Å². The lowest BCUT2D eigenvalue weighted by atomic mass is 9.91. The molecule has 0 bridgehead atoms. The number of hydrogen-bond acceptors (Lipinski definition) is 8. The van der Waals surface area contributed by atoms with E-state index in [1.165, 1.54) is 16.9 Å². The summed E-state index contributed by atoms with van der Waals surface area (Å²) in [6.07, 6.45) is 6.03. The number of piperazine rings is 1. The van der Waals surface area contributed by atoms with Gasteiger partial charge in [-0.15, -0.1) is 11.3 Å². The van der Waals surface area contributed by atoms with Crippen LogP contribution in [0.4, 0.5) is 4.39 Å². The molecule has 0 radical (unpaired) electrons. The molecule has 6 rings (SSSR count). The van der Waals surface area contributed by atoms with Gasteiger partial charge >= 0.3 is 0 Å². The van der Waals surface area contributed by atoms with Gasteiger partial charge < -0.3 is 25.6 Å². The summed E-state index contributed by atoms with van der Waals surface area (Å²) in [5.74, 6) is -0.682. The average molecular weight is 657 g/mol. The molecule has 2 aliphatic rings. The third-order valence-corrected chi connectivity index (χ3v) is 9.72. The van der Waals surface area contributed by atoms with Gasteiger partial charge in [-0.05, 0) is 86.9 Å². The third-order valence-electron chi connectivity index (χ3n) is 8.76. The summed E-state index contributed by atoms with van der Waals surface area (Å²) >= 11 is 1.33. The van der Waals surface area contributed by atoms with Crippen LogP contribution < -0.4 is 20.7 Å². The fourth-order valence-electron chi connectivity index (χ4n) is 6.18. The van der Waals surface area contributed by atoms with Crippen LogP contribution in [0.1, 0.15) is 63.5 Å². The van der Waals surface area contributed by atoms with Crippen molar-refractivity contribution in [3.63, 3.8) is 0 Å². The lowest BCUT2D eigenvalue weighted by Gasteiger charge is -2.29. The number of hydrogen-bond donors (Lipinski definition) is 3. The molecular formula is C36H41FN6O3S. The monoisotopic (exact) mass is 656 g/mol. The first-order valence-corrected chi connectivity index (χ1v) is 17.3. The van der Waals surface area contributed by atoms with Crippen molar-refractivity contribution < 1.29 is 18.7 Å². The Morgan fingerprint density at radius 3 is 2.40 bits per heavy atom. The molecule has 3 N–H and O–H groups in total. The van der Waals surface area contributed by atoms with Crippen LogP contribution in [0.3, 0.4) is 0 Å². The summed E-state index contributed by atoms with van der Waals surface area (Å²) in [5, 5.41) is 11.8. The van der Waals surface area contributed by atoms with Gasteiger partial charge in [0.1, 0.15) is 17.1 Å². The summed E-state index contributed by atoms with van der Waals surface area (Å²) in [5.41, 5.74) is 4.20. The first-order valence-electron chi connectivity index (χ1n) is 16.4. The predicted octanol–water partition coefficient (Wildman–Crippen LogP) is 5.75. The normalized spacial score (nSPS) is 18.4. The molecular weight excluding hydrogens is 616 g/mol. The summed E-state index contributed by atoms with van der Waals surface area (Å²) < 4.78 is 20.4. The number of halogens is 1. The van der Waals surface area contributed by atoms with Gasteiger partial charge in [-0.25, -0.2) is 14.4 Å². The van der Waals surface area contributed by atoms with E-state index in [1.807, 2.05) is 30.5 Å². The van der Waals surface area contributed by atoms with Crippen LogP contribution in [0.15, 0.2) is 66.2 Å². The maximum Gasteiger partial charge on any atom is 0.280 e. The number of pyridine rings is 1. The predicted molar refractivity (Wildman–Crippen MR) is 182 cm³/mol. The number of ether oxygens (including phenoxy) is 1. The zero-order chi connectivity index (χ0) is 32.6. The molecule has 1 saturated carbocycles. The van der Waals surface area contributed by atoms with Crippen molar-refractivity contribution in [1.82, 2.24) is 30.8 Å². The molecule has 246 valence electrons. The number of thiazole rings is 1.